The van der Waals surface area contributed by atoms with E-state index < -0.39 is 0 Å². The second kappa shape index (κ2) is 5.86. The fourth-order valence-corrected chi connectivity index (χ4v) is 1.18. The molecule has 3 nitrogen and oxygen atoms in total. The minimum Gasteiger partial charge on any atom is -0.503 e. The Kier molecular flexibility index (Phi) is 4.41. The molecule has 0 heterocycles. The molecule has 0 aliphatic carbocycles. The fraction of sp³-hybridized carbons (Fsp3) is 0.250. The molecule has 15 heavy (non-hydrogen) atoms. The van der Waals surface area contributed by atoms with E-state index in [1.165, 1.54) is 13.4 Å². The molecule has 0 saturated heterocycles. The molecule has 0 amide bonds. The number of carbonyl (C=O) groups is 1. The predicted molar refractivity (Wildman–Crippen MR) is 58.1 cm³/mol. The molecule has 1 aromatic carbocycles. The number of esters is 1. The molecular weight excluding hydrogens is 192 g/mol. The summed E-state index contributed by atoms with van der Waals surface area (Å²) in [6, 6.07) is 9.28. The van der Waals surface area contributed by atoms with E-state index in [9.17, 15) is 4.79 Å². The van der Waals surface area contributed by atoms with Crippen LogP contribution < -0.4 is 0 Å². The van der Waals surface area contributed by atoms with Crippen molar-refractivity contribution in [1.29, 1.82) is 0 Å². The molecule has 0 bridgehead atoms. The summed E-state index contributed by atoms with van der Waals surface area (Å²) in [7, 11) is 1.50. The van der Waals surface area contributed by atoms with Gasteiger partial charge in [0, 0.05) is 0 Å². The monoisotopic (exact) mass is 206 g/mol. The Labute approximate surface area is 89.3 Å². The first-order chi connectivity index (χ1) is 7.29. The number of rotatable bonds is 4. The van der Waals surface area contributed by atoms with Crippen molar-refractivity contribution < 1.29 is 14.3 Å². The van der Waals surface area contributed by atoms with Crippen molar-refractivity contribution in [3.05, 3.63) is 42.2 Å². The van der Waals surface area contributed by atoms with Gasteiger partial charge >= 0.3 is 5.97 Å². The van der Waals surface area contributed by atoms with Crippen molar-refractivity contribution in [2.75, 3.05) is 13.7 Å². The van der Waals surface area contributed by atoms with Crippen LogP contribution in [0.3, 0.4) is 0 Å². The van der Waals surface area contributed by atoms with Crippen LogP contribution >= 0.6 is 0 Å². The maximum absolute atomic E-state index is 11.6. The van der Waals surface area contributed by atoms with Gasteiger partial charge in [0.25, 0.3) is 0 Å². The van der Waals surface area contributed by atoms with Gasteiger partial charge in [-0.1, -0.05) is 30.3 Å². The summed E-state index contributed by atoms with van der Waals surface area (Å²) < 4.78 is 9.79. The summed E-state index contributed by atoms with van der Waals surface area (Å²) >= 11 is 0. The van der Waals surface area contributed by atoms with Crippen LogP contribution in [0.5, 0.6) is 0 Å². The molecule has 0 aliphatic heterocycles. The lowest BCUT2D eigenvalue weighted by molar-refractivity contribution is -0.136. The van der Waals surface area contributed by atoms with Gasteiger partial charge in [0.2, 0.25) is 0 Å². The summed E-state index contributed by atoms with van der Waals surface area (Å²) in [5, 5.41) is 0. The van der Waals surface area contributed by atoms with Crippen LogP contribution in [0.1, 0.15) is 12.5 Å². The van der Waals surface area contributed by atoms with Gasteiger partial charge in [-0.3, -0.25) is 0 Å². The maximum atomic E-state index is 11.6. The summed E-state index contributed by atoms with van der Waals surface area (Å²) in [4.78, 5) is 11.6. The van der Waals surface area contributed by atoms with Crippen molar-refractivity contribution in [2.45, 2.75) is 6.92 Å². The molecule has 1 aromatic rings. The zero-order valence-corrected chi connectivity index (χ0v) is 8.90. The molecule has 0 saturated carbocycles. The number of hydrogen-bond acceptors (Lipinski definition) is 3. The van der Waals surface area contributed by atoms with Crippen LogP contribution in [-0.2, 0) is 14.3 Å². The third-order valence-electron chi connectivity index (χ3n) is 1.82. The second-order valence-corrected chi connectivity index (χ2v) is 2.85. The molecule has 0 unspecified atom stereocenters. The van der Waals surface area contributed by atoms with E-state index in [4.69, 9.17) is 9.47 Å². The highest BCUT2D eigenvalue weighted by molar-refractivity contribution is 6.16. The number of methoxy groups -OCH3 is 1. The Morgan fingerprint density at radius 1 is 1.33 bits per heavy atom. The molecule has 0 aliphatic rings. The SMILES string of the molecule is CCOC(=O)/C(=C/OC)c1ccccc1. The zero-order valence-electron chi connectivity index (χ0n) is 8.90. The summed E-state index contributed by atoms with van der Waals surface area (Å²) in [5.41, 5.74) is 1.22. The highest BCUT2D eigenvalue weighted by Crippen LogP contribution is 2.15. The van der Waals surface area contributed by atoms with Crippen LogP contribution in [0.15, 0.2) is 36.6 Å². The molecule has 0 aromatic heterocycles. The predicted octanol–water partition coefficient (Wildman–Crippen LogP) is 2.24. The fourth-order valence-electron chi connectivity index (χ4n) is 1.18. The number of ether oxygens (including phenoxy) is 2. The van der Waals surface area contributed by atoms with Gasteiger partial charge in [-0.15, -0.1) is 0 Å². The van der Waals surface area contributed by atoms with Crippen LogP contribution in [0, 0.1) is 0 Å². The van der Waals surface area contributed by atoms with Crippen molar-refractivity contribution in [3.63, 3.8) is 0 Å². The molecular formula is C12H14O3. The van der Waals surface area contributed by atoms with E-state index in [-0.39, 0.29) is 5.97 Å². The molecule has 0 atom stereocenters. The van der Waals surface area contributed by atoms with Gasteiger partial charge < -0.3 is 9.47 Å². The summed E-state index contributed by atoms with van der Waals surface area (Å²) in [6.07, 6.45) is 1.40. The molecule has 0 radical (unpaired) electrons. The minimum atomic E-state index is -0.370. The lowest BCUT2D eigenvalue weighted by Crippen LogP contribution is -2.07. The van der Waals surface area contributed by atoms with Crippen LogP contribution in [0.2, 0.25) is 0 Å². The van der Waals surface area contributed by atoms with Crippen molar-refractivity contribution >= 4 is 11.5 Å². The van der Waals surface area contributed by atoms with E-state index in [0.717, 1.165) is 5.56 Å². The van der Waals surface area contributed by atoms with Gasteiger partial charge in [-0.25, -0.2) is 4.79 Å². The Hall–Kier alpha value is -1.77. The smallest absolute Gasteiger partial charge is 0.341 e. The van der Waals surface area contributed by atoms with Gasteiger partial charge in [0.05, 0.1) is 20.0 Å². The third-order valence-corrected chi connectivity index (χ3v) is 1.82. The first kappa shape index (κ1) is 11.3. The quantitative estimate of drug-likeness (QED) is 0.430. The van der Waals surface area contributed by atoms with Gasteiger partial charge in [0.1, 0.15) is 5.57 Å². The van der Waals surface area contributed by atoms with E-state index in [1.54, 1.807) is 6.92 Å². The van der Waals surface area contributed by atoms with Gasteiger partial charge in [-0.05, 0) is 12.5 Å². The van der Waals surface area contributed by atoms with E-state index in [0.29, 0.717) is 12.2 Å². The minimum absolute atomic E-state index is 0.354. The molecule has 0 spiro atoms. The van der Waals surface area contributed by atoms with Crippen molar-refractivity contribution in [3.8, 4) is 0 Å². The number of hydrogen-bond donors (Lipinski definition) is 0. The Morgan fingerprint density at radius 2 is 2.00 bits per heavy atom. The average molecular weight is 206 g/mol. The molecule has 0 N–H and O–H groups in total. The number of benzene rings is 1. The molecule has 1 rings (SSSR count). The Balaban J connectivity index is 2.94. The van der Waals surface area contributed by atoms with Crippen LogP contribution in [-0.4, -0.2) is 19.7 Å². The first-order valence-corrected chi connectivity index (χ1v) is 4.75. The largest absolute Gasteiger partial charge is 0.503 e. The van der Waals surface area contributed by atoms with Gasteiger partial charge in [-0.2, -0.15) is 0 Å². The highest BCUT2D eigenvalue weighted by Gasteiger charge is 2.12. The number of carbonyl (C=O) groups excluding carboxylic acids is 1. The van der Waals surface area contributed by atoms with E-state index >= 15 is 0 Å². The maximum Gasteiger partial charge on any atom is 0.341 e. The lowest BCUT2D eigenvalue weighted by atomic mass is 10.1. The third kappa shape index (κ3) is 3.13. The topological polar surface area (TPSA) is 35.5 Å². The van der Waals surface area contributed by atoms with E-state index in [1.807, 2.05) is 30.3 Å². The lowest BCUT2D eigenvalue weighted by Gasteiger charge is -2.06. The average Bonchev–Trinajstić information content (AvgIpc) is 2.27. The second-order valence-electron chi connectivity index (χ2n) is 2.85. The molecule has 3 heteroatoms. The van der Waals surface area contributed by atoms with Crippen molar-refractivity contribution in [2.24, 2.45) is 0 Å². The van der Waals surface area contributed by atoms with E-state index in [2.05, 4.69) is 0 Å². The van der Waals surface area contributed by atoms with Crippen LogP contribution in [0.25, 0.3) is 5.57 Å². The van der Waals surface area contributed by atoms with Crippen LogP contribution in [0.4, 0.5) is 0 Å². The standard InChI is InChI=1S/C12H14O3/c1-3-15-12(13)11(9-14-2)10-7-5-4-6-8-10/h4-9H,3H2,1-2H3/b11-9+. The summed E-state index contributed by atoms with van der Waals surface area (Å²) in [6.45, 7) is 2.13. The Morgan fingerprint density at radius 3 is 2.53 bits per heavy atom. The molecule has 0 fully saturated rings. The van der Waals surface area contributed by atoms with Crippen molar-refractivity contribution in [1.82, 2.24) is 0 Å². The highest BCUT2D eigenvalue weighted by atomic mass is 16.5. The zero-order chi connectivity index (χ0) is 11.1. The first-order valence-electron chi connectivity index (χ1n) is 4.75. The Bertz CT molecular complexity index is 341. The molecule has 80 valence electrons. The summed E-state index contributed by atoms with van der Waals surface area (Å²) in [5.74, 6) is -0.370. The van der Waals surface area contributed by atoms with Gasteiger partial charge in [0.15, 0.2) is 0 Å². The normalized spacial score (nSPS) is 10.9.